The van der Waals surface area contributed by atoms with Crippen molar-refractivity contribution in [1.82, 2.24) is 0 Å². The number of esters is 1. The van der Waals surface area contributed by atoms with Crippen LogP contribution in [0, 0.1) is 6.92 Å². The highest BCUT2D eigenvalue weighted by Crippen LogP contribution is 2.21. The van der Waals surface area contributed by atoms with Gasteiger partial charge in [0.05, 0.1) is 10.5 Å². The van der Waals surface area contributed by atoms with Gasteiger partial charge in [0.25, 0.3) is 0 Å². The molecule has 2 rings (SSSR count). The minimum atomic E-state index is -3.39. The van der Waals surface area contributed by atoms with Crippen LogP contribution in [-0.2, 0) is 19.4 Å². The van der Waals surface area contributed by atoms with Crippen LogP contribution in [0.3, 0.4) is 0 Å². The quantitative estimate of drug-likeness (QED) is 0.799. The van der Waals surface area contributed by atoms with Crippen LogP contribution in [-0.4, -0.2) is 32.5 Å². The van der Waals surface area contributed by atoms with Gasteiger partial charge in [-0.2, -0.15) is 0 Å². The fraction of sp³-hybridized carbons (Fsp3) is 0.467. The average molecular weight is 310 g/mol. The number of benzene rings is 1. The zero-order valence-corrected chi connectivity index (χ0v) is 12.9. The van der Waals surface area contributed by atoms with Crippen LogP contribution in [0.25, 0.3) is 0 Å². The number of sulfone groups is 1. The first kappa shape index (κ1) is 15.7. The van der Waals surface area contributed by atoms with Gasteiger partial charge in [-0.05, 0) is 43.9 Å². The van der Waals surface area contributed by atoms with E-state index in [1.165, 1.54) is 12.1 Å². The molecule has 21 heavy (non-hydrogen) atoms. The van der Waals surface area contributed by atoms with E-state index in [0.29, 0.717) is 18.4 Å². The predicted molar refractivity (Wildman–Crippen MR) is 77.0 cm³/mol. The average Bonchev–Trinajstić information content (AvgIpc) is 2.40. The van der Waals surface area contributed by atoms with Gasteiger partial charge < -0.3 is 4.74 Å². The molecule has 0 N–H and O–H groups in total. The van der Waals surface area contributed by atoms with Crippen LogP contribution in [0.1, 0.15) is 41.6 Å². The minimum absolute atomic E-state index is 0.0634. The Balaban J connectivity index is 2.24. The first-order valence-corrected chi connectivity index (χ1v) is 8.72. The second kappa shape index (κ2) is 5.97. The van der Waals surface area contributed by atoms with Crippen molar-refractivity contribution in [2.45, 2.75) is 43.6 Å². The molecule has 0 heterocycles. The van der Waals surface area contributed by atoms with Gasteiger partial charge in [-0.25, -0.2) is 13.2 Å². The van der Waals surface area contributed by atoms with Gasteiger partial charge in [0.15, 0.2) is 21.7 Å². The highest BCUT2D eigenvalue weighted by Gasteiger charge is 2.27. The van der Waals surface area contributed by atoms with Crippen molar-refractivity contribution >= 4 is 21.6 Å². The molecule has 6 heteroatoms. The van der Waals surface area contributed by atoms with E-state index in [4.69, 9.17) is 4.74 Å². The minimum Gasteiger partial charge on any atom is -0.451 e. The normalized spacial score (nSPS) is 19.3. The number of carbonyl (C=O) groups excluding carboxylic acids is 2. The van der Waals surface area contributed by atoms with E-state index in [1.54, 1.807) is 13.0 Å². The molecule has 1 aliphatic rings. The first-order valence-electron chi connectivity index (χ1n) is 6.83. The lowest BCUT2D eigenvalue weighted by molar-refractivity contribution is -0.129. The van der Waals surface area contributed by atoms with Gasteiger partial charge in [-0.3, -0.25) is 4.79 Å². The van der Waals surface area contributed by atoms with Gasteiger partial charge in [-0.15, -0.1) is 0 Å². The van der Waals surface area contributed by atoms with E-state index in [0.717, 1.165) is 19.1 Å². The molecule has 0 unspecified atom stereocenters. The van der Waals surface area contributed by atoms with Crippen molar-refractivity contribution in [3.63, 3.8) is 0 Å². The largest absolute Gasteiger partial charge is 0.451 e. The molecule has 1 saturated carbocycles. The van der Waals surface area contributed by atoms with Crippen LogP contribution in [0.2, 0.25) is 0 Å². The van der Waals surface area contributed by atoms with Crippen molar-refractivity contribution in [1.29, 1.82) is 0 Å². The van der Waals surface area contributed by atoms with Crippen LogP contribution < -0.4 is 0 Å². The summed E-state index contributed by atoms with van der Waals surface area (Å²) in [6.07, 6.45) is 3.03. The number of ketones is 1. The summed E-state index contributed by atoms with van der Waals surface area (Å²) in [6, 6.07) is 4.32. The summed E-state index contributed by atoms with van der Waals surface area (Å²) in [5, 5.41) is 0. The molecule has 0 radical (unpaired) electrons. The van der Waals surface area contributed by atoms with Gasteiger partial charge >= 0.3 is 5.97 Å². The molecule has 5 nitrogen and oxygen atoms in total. The molecular weight excluding hydrogens is 292 g/mol. The van der Waals surface area contributed by atoms with Gasteiger partial charge in [0.2, 0.25) is 0 Å². The van der Waals surface area contributed by atoms with Gasteiger partial charge in [0.1, 0.15) is 0 Å². The molecule has 1 aromatic carbocycles. The SMILES string of the molecule is Cc1ccc(S(C)(=O)=O)cc1C(=O)O[C@H]1CCCCC1=O. The third-order valence-corrected chi connectivity index (χ3v) is 4.72. The molecule has 1 fully saturated rings. The van der Waals surface area contributed by atoms with Gasteiger partial charge in [-0.1, -0.05) is 6.07 Å². The van der Waals surface area contributed by atoms with Crippen LogP contribution >= 0.6 is 0 Å². The van der Waals surface area contributed by atoms with Crippen molar-refractivity contribution in [2.24, 2.45) is 0 Å². The monoisotopic (exact) mass is 310 g/mol. The summed E-state index contributed by atoms with van der Waals surface area (Å²) in [7, 11) is -3.39. The number of rotatable bonds is 3. The smallest absolute Gasteiger partial charge is 0.339 e. The maximum absolute atomic E-state index is 12.2. The first-order chi connectivity index (χ1) is 9.79. The van der Waals surface area contributed by atoms with E-state index in [-0.39, 0.29) is 16.2 Å². The molecule has 0 saturated heterocycles. The van der Waals surface area contributed by atoms with Crippen molar-refractivity contribution in [2.75, 3.05) is 6.26 Å². The standard InChI is InChI=1S/C15H18O5S/c1-10-7-8-11(21(2,18)19)9-12(10)15(17)20-14-6-4-3-5-13(14)16/h7-9,14H,3-6H2,1-2H3/t14-/m0/s1. The fourth-order valence-electron chi connectivity index (χ4n) is 2.32. The molecule has 0 bridgehead atoms. The highest BCUT2D eigenvalue weighted by atomic mass is 32.2. The molecule has 0 spiro atoms. The third-order valence-electron chi connectivity index (χ3n) is 3.61. The number of ether oxygens (including phenoxy) is 1. The molecule has 1 aliphatic carbocycles. The number of carbonyl (C=O) groups is 2. The Kier molecular flexibility index (Phi) is 4.46. The Morgan fingerprint density at radius 2 is 2.00 bits per heavy atom. The number of hydrogen-bond donors (Lipinski definition) is 0. The third kappa shape index (κ3) is 3.69. The van der Waals surface area contributed by atoms with Gasteiger partial charge in [0, 0.05) is 12.7 Å². The zero-order valence-electron chi connectivity index (χ0n) is 12.1. The lowest BCUT2D eigenvalue weighted by Gasteiger charge is -2.21. The zero-order chi connectivity index (χ0) is 15.6. The topological polar surface area (TPSA) is 77.5 Å². The lowest BCUT2D eigenvalue weighted by atomic mass is 9.96. The molecule has 0 amide bonds. The van der Waals surface area contributed by atoms with E-state index < -0.39 is 21.9 Å². The molecule has 0 aliphatic heterocycles. The van der Waals surface area contributed by atoms with Crippen LogP contribution in [0.5, 0.6) is 0 Å². The lowest BCUT2D eigenvalue weighted by Crippen LogP contribution is -2.30. The maximum atomic E-state index is 12.2. The molecule has 1 atom stereocenters. The van der Waals surface area contributed by atoms with E-state index in [2.05, 4.69) is 0 Å². The van der Waals surface area contributed by atoms with Crippen molar-refractivity contribution < 1.29 is 22.7 Å². The van der Waals surface area contributed by atoms with Crippen molar-refractivity contribution in [3.8, 4) is 0 Å². The van der Waals surface area contributed by atoms with E-state index >= 15 is 0 Å². The van der Waals surface area contributed by atoms with Crippen molar-refractivity contribution in [3.05, 3.63) is 29.3 Å². The Morgan fingerprint density at radius 3 is 2.62 bits per heavy atom. The Labute approximate surface area is 124 Å². The summed E-state index contributed by atoms with van der Waals surface area (Å²) in [4.78, 5) is 24.0. The molecule has 1 aromatic rings. The fourth-order valence-corrected chi connectivity index (χ4v) is 2.97. The molecule has 114 valence electrons. The summed E-state index contributed by atoms with van der Waals surface area (Å²) in [5.74, 6) is -0.704. The van der Waals surface area contributed by atoms with Crippen LogP contribution in [0.4, 0.5) is 0 Å². The Bertz CT molecular complexity index is 675. The highest BCUT2D eigenvalue weighted by molar-refractivity contribution is 7.90. The Hall–Kier alpha value is -1.69. The number of hydrogen-bond acceptors (Lipinski definition) is 5. The molecule has 0 aromatic heterocycles. The second-order valence-corrected chi connectivity index (χ2v) is 7.37. The number of aryl methyl sites for hydroxylation is 1. The Morgan fingerprint density at radius 1 is 1.29 bits per heavy atom. The number of Topliss-reactive ketones (excluding diaryl/α,β-unsaturated/α-hetero) is 1. The maximum Gasteiger partial charge on any atom is 0.339 e. The summed E-state index contributed by atoms with van der Waals surface area (Å²) < 4.78 is 28.4. The summed E-state index contributed by atoms with van der Waals surface area (Å²) in [5.41, 5.74) is 0.812. The summed E-state index contributed by atoms with van der Waals surface area (Å²) in [6.45, 7) is 1.70. The van der Waals surface area contributed by atoms with E-state index in [9.17, 15) is 18.0 Å². The summed E-state index contributed by atoms with van der Waals surface area (Å²) >= 11 is 0. The van der Waals surface area contributed by atoms with E-state index in [1.807, 2.05) is 0 Å². The molecular formula is C15H18O5S. The van der Waals surface area contributed by atoms with Crippen LogP contribution in [0.15, 0.2) is 23.1 Å². The predicted octanol–water partition coefficient (Wildman–Crippen LogP) is 2.07. The second-order valence-electron chi connectivity index (χ2n) is 5.35.